The van der Waals surface area contributed by atoms with Gasteiger partial charge in [0.25, 0.3) is 0 Å². The topological polar surface area (TPSA) is 73.0 Å². The number of thiophene rings is 1. The molecule has 0 unspecified atom stereocenters. The highest BCUT2D eigenvalue weighted by molar-refractivity contribution is 7.99. The molecule has 0 saturated carbocycles. The molecule has 148 valence electrons. The second kappa shape index (κ2) is 9.11. The van der Waals surface area contributed by atoms with Crippen molar-refractivity contribution in [3.05, 3.63) is 71.5 Å². The smallest absolute Gasteiger partial charge is 0.234 e. The van der Waals surface area contributed by atoms with E-state index in [4.69, 9.17) is 4.42 Å². The van der Waals surface area contributed by atoms with E-state index < -0.39 is 0 Å². The number of furan rings is 1. The highest BCUT2D eigenvalue weighted by Crippen LogP contribution is 2.28. The molecule has 0 bridgehead atoms. The molecule has 3 heterocycles. The Hall–Kier alpha value is -2.84. The van der Waals surface area contributed by atoms with Crippen LogP contribution >= 0.6 is 23.1 Å². The number of para-hydroxylation sites is 1. The van der Waals surface area contributed by atoms with E-state index in [1.165, 1.54) is 11.8 Å². The van der Waals surface area contributed by atoms with Crippen molar-refractivity contribution < 1.29 is 9.21 Å². The summed E-state index contributed by atoms with van der Waals surface area (Å²) in [5.41, 5.74) is 1.98. The summed E-state index contributed by atoms with van der Waals surface area (Å²) in [6.45, 7) is 2.58. The van der Waals surface area contributed by atoms with Crippen LogP contribution in [0.3, 0.4) is 0 Å². The molecule has 0 spiro atoms. The van der Waals surface area contributed by atoms with E-state index in [9.17, 15) is 4.79 Å². The molecule has 0 atom stereocenters. The van der Waals surface area contributed by atoms with Gasteiger partial charge in [-0.15, -0.1) is 21.5 Å². The van der Waals surface area contributed by atoms with Crippen LogP contribution in [0.4, 0.5) is 5.69 Å². The predicted octanol–water partition coefficient (Wildman–Crippen LogP) is 4.94. The molecule has 6 nitrogen and oxygen atoms in total. The first-order valence-corrected chi connectivity index (χ1v) is 11.1. The number of rotatable bonds is 8. The molecule has 1 aromatic carbocycles. The predicted molar refractivity (Wildman–Crippen MR) is 116 cm³/mol. The first-order valence-electron chi connectivity index (χ1n) is 9.24. The normalized spacial score (nSPS) is 10.9. The lowest BCUT2D eigenvalue weighted by Crippen LogP contribution is -2.16. The number of amides is 1. The molecule has 0 fully saturated rings. The Labute approximate surface area is 177 Å². The van der Waals surface area contributed by atoms with Crippen LogP contribution in [-0.4, -0.2) is 26.4 Å². The summed E-state index contributed by atoms with van der Waals surface area (Å²) in [7, 11) is 0. The minimum Gasteiger partial charge on any atom is -0.467 e. The van der Waals surface area contributed by atoms with Gasteiger partial charge in [0.15, 0.2) is 11.0 Å². The molecule has 0 aliphatic heterocycles. The van der Waals surface area contributed by atoms with E-state index in [1.54, 1.807) is 17.6 Å². The average Bonchev–Trinajstić information content (AvgIpc) is 3.50. The first-order chi connectivity index (χ1) is 14.2. The van der Waals surface area contributed by atoms with Gasteiger partial charge in [-0.25, -0.2) is 0 Å². The van der Waals surface area contributed by atoms with Crippen LogP contribution in [-0.2, 0) is 17.8 Å². The fourth-order valence-electron chi connectivity index (χ4n) is 2.95. The van der Waals surface area contributed by atoms with E-state index in [0.29, 0.717) is 11.7 Å². The third kappa shape index (κ3) is 4.60. The summed E-state index contributed by atoms with van der Waals surface area (Å²) >= 11 is 2.97. The summed E-state index contributed by atoms with van der Waals surface area (Å²) in [6, 6.07) is 15.6. The van der Waals surface area contributed by atoms with Crippen LogP contribution in [0.2, 0.25) is 0 Å². The standard InChI is InChI=1S/C21H20N4O2S2/c1-2-15-7-3-4-9-17(15)22-19(26)14-29-21-24-23-20(18-10-6-12-28-18)25(21)13-16-8-5-11-27-16/h3-12H,2,13-14H2,1H3,(H,22,26). The molecule has 8 heteroatoms. The average molecular weight is 425 g/mol. The Balaban J connectivity index is 1.50. The lowest BCUT2D eigenvalue weighted by molar-refractivity contribution is -0.113. The molecule has 4 rings (SSSR count). The summed E-state index contributed by atoms with van der Waals surface area (Å²) in [6.07, 6.45) is 2.52. The van der Waals surface area contributed by atoms with E-state index >= 15 is 0 Å². The van der Waals surface area contributed by atoms with Gasteiger partial charge >= 0.3 is 0 Å². The maximum absolute atomic E-state index is 12.5. The molecule has 0 radical (unpaired) electrons. The maximum Gasteiger partial charge on any atom is 0.234 e. The molecular weight excluding hydrogens is 404 g/mol. The second-order valence-electron chi connectivity index (χ2n) is 6.30. The first kappa shape index (κ1) is 19.5. The summed E-state index contributed by atoms with van der Waals surface area (Å²) < 4.78 is 7.49. The molecule has 0 aliphatic carbocycles. The number of anilines is 1. The number of aryl methyl sites for hydroxylation is 1. The van der Waals surface area contributed by atoms with Crippen molar-refractivity contribution in [2.45, 2.75) is 25.0 Å². The molecule has 29 heavy (non-hydrogen) atoms. The van der Waals surface area contributed by atoms with E-state index in [2.05, 4.69) is 22.4 Å². The molecule has 3 aromatic heterocycles. The van der Waals surface area contributed by atoms with Crippen molar-refractivity contribution in [1.29, 1.82) is 0 Å². The Morgan fingerprint density at radius 3 is 2.83 bits per heavy atom. The lowest BCUT2D eigenvalue weighted by Gasteiger charge is -2.10. The van der Waals surface area contributed by atoms with Crippen molar-refractivity contribution in [3.63, 3.8) is 0 Å². The number of nitrogens with one attached hydrogen (secondary N) is 1. The number of hydrogen-bond acceptors (Lipinski definition) is 6. The van der Waals surface area contributed by atoms with Crippen LogP contribution in [0.25, 0.3) is 10.7 Å². The highest BCUT2D eigenvalue weighted by atomic mass is 32.2. The van der Waals surface area contributed by atoms with Gasteiger partial charge in [-0.2, -0.15) is 0 Å². The highest BCUT2D eigenvalue weighted by Gasteiger charge is 2.18. The van der Waals surface area contributed by atoms with E-state index in [1.807, 2.05) is 58.5 Å². The van der Waals surface area contributed by atoms with Crippen molar-refractivity contribution >= 4 is 34.7 Å². The molecular formula is C21H20N4O2S2. The van der Waals surface area contributed by atoms with Crippen LogP contribution in [0, 0.1) is 0 Å². The zero-order chi connectivity index (χ0) is 20.1. The van der Waals surface area contributed by atoms with Gasteiger partial charge in [0, 0.05) is 5.69 Å². The Morgan fingerprint density at radius 1 is 1.17 bits per heavy atom. The van der Waals surface area contributed by atoms with Crippen molar-refractivity contribution in [1.82, 2.24) is 14.8 Å². The Bertz CT molecular complexity index is 1070. The third-order valence-electron chi connectivity index (χ3n) is 4.36. The molecule has 0 aliphatic rings. The quantitative estimate of drug-likeness (QED) is 0.406. The number of thioether (sulfide) groups is 1. The molecule has 1 amide bonds. The third-order valence-corrected chi connectivity index (χ3v) is 6.19. The van der Waals surface area contributed by atoms with Crippen LogP contribution in [0.15, 0.2) is 69.7 Å². The van der Waals surface area contributed by atoms with Crippen LogP contribution < -0.4 is 5.32 Å². The number of aromatic nitrogens is 3. The Kier molecular flexibility index (Phi) is 6.12. The van der Waals surface area contributed by atoms with Gasteiger partial charge < -0.3 is 9.73 Å². The number of benzene rings is 1. The minimum absolute atomic E-state index is 0.0684. The summed E-state index contributed by atoms with van der Waals surface area (Å²) in [4.78, 5) is 13.5. The van der Waals surface area contributed by atoms with Gasteiger partial charge in [-0.3, -0.25) is 9.36 Å². The van der Waals surface area contributed by atoms with Gasteiger partial charge in [-0.05, 0) is 41.6 Å². The van der Waals surface area contributed by atoms with Gasteiger partial charge in [0.1, 0.15) is 5.76 Å². The van der Waals surface area contributed by atoms with Crippen LogP contribution in [0.1, 0.15) is 18.2 Å². The SMILES string of the molecule is CCc1ccccc1NC(=O)CSc1nnc(-c2cccs2)n1Cc1ccco1. The number of carbonyl (C=O) groups is 1. The van der Waals surface area contributed by atoms with Gasteiger partial charge in [0.05, 0.1) is 23.4 Å². The molecule has 1 N–H and O–H groups in total. The van der Waals surface area contributed by atoms with Crippen molar-refractivity contribution in [3.8, 4) is 10.7 Å². The van der Waals surface area contributed by atoms with Gasteiger partial charge in [-0.1, -0.05) is 43.0 Å². The number of hydrogen-bond donors (Lipinski definition) is 1. The van der Waals surface area contributed by atoms with Crippen molar-refractivity contribution in [2.75, 3.05) is 11.1 Å². The van der Waals surface area contributed by atoms with Gasteiger partial charge in [0.2, 0.25) is 5.91 Å². The molecule has 4 aromatic rings. The minimum atomic E-state index is -0.0684. The zero-order valence-electron chi connectivity index (χ0n) is 15.9. The van der Waals surface area contributed by atoms with Crippen LogP contribution in [0.5, 0.6) is 0 Å². The summed E-state index contributed by atoms with van der Waals surface area (Å²) in [5.74, 6) is 1.77. The van der Waals surface area contributed by atoms with E-state index in [0.717, 1.165) is 34.1 Å². The number of nitrogens with zero attached hydrogens (tertiary/aromatic N) is 3. The Morgan fingerprint density at radius 2 is 2.07 bits per heavy atom. The molecule has 0 saturated heterocycles. The van der Waals surface area contributed by atoms with E-state index in [-0.39, 0.29) is 11.7 Å². The summed E-state index contributed by atoms with van der Waals surface area (Å²) in [5, 5.41) is 14.4. The maximum atomic E-state index is 12.5. The van der Waals surface area contributed by atoms with Crippen molar-refractivity contribution in [2.24, 2.45) is 0 Å². The second-order valence-corrected chi connectivity index (χ2v) is 8.19. The zero-order valence-corrected chi connectivity index (χ0v) is 17.5. The number of carbonyl (C=O) groups excluding carboxylic acids is 1. The monoisotopic (exact) mass is 424 g/mol. The fraction of sp³-hybridized carbons (Fsp3) is 0.190. The fourth-order valence-corrected chi connectivity index (χ4v) is 4.41. The lowest BCUT2D eigenvalue weighted by atomic mass is 10.1. The largest absolute Gasteiger partial charge is 0.467 e.